The third-order valence-corrected chi connectivity index (χ3v) is 7.31. The average Bonchev–Trinajstić information content (AvgIpc) is 3.72. The number of nitrogens with zero attached hydrogens (tertiary/aromatic N) is 7. The number of halogens is 3. The molecule has 210 valence electrons. The second-order valence-corrected chi connectivity index (χ2v) is 10.8. The van der Waals surface area contributed by atoms with Crippen molar-refractivity contribution in [1.29, 1.82) is 0 Å². The molecule has 2 fully saturated rings. The lowest BCUT2D eigenvalue weighted by Crippen LogP contribution is -2.50. The number of alkyl halides is 3. The van der Waals surface area contributed by atoms with Gasteiger partial charge in [-0.05, 0) is 70.3 Å². The van der Waals surface area contributed by atoms with Crippen LogP contribution < -0.4 is 10.6 Å². The van der Waals surface area contributed by atoms with Gasteiger partial charge in [-0.2, -0.15) is 23.4 Å². The molecule has 5 rings (SSSR count). The van der Waals surface area contributed by atoms with Crippen LogP contribution in [0.5, 0.6) is 0 Å². The summed E-state index contributed by atoms with van der Waals surface area (Å²) < 4.78 is 42.8. The number of anilines is 1. The van der Waals surface area contributed by atoms with E-state index in [1.807, 2.05) is 13.8 Å². The van der Waals surface area contributed by atoms with Crippen molar-refractivity contribution in [3.8, 4) is 0 Å². The zero-order chi connectivity index (χ0) is 27.9. The van der Waals surface area contributed by atoms with Crippen molar-refractivity contribution in [2.75, 3.05) is 5.32 Å². The summed E-state index contributed by atoms with van der Waals surface area (Å²) >= 11 is 0. The Balaban J connectivity index is 1.33. The van der Waals surface area contributed by atoms with Crippen molar-refractivity contribution < 1.29 is 22.8 Å². The monoisotopic (exact) mass is 547 g/mol. The molecule has 2 atom stereocenters. The molecule has 11 nitrogen and oxygen atoms in total. The quantitative estimate of drug-likeness (QED) is 0.378. The average molecular weight is 548 g/mol. The molecular weight excluding hydrogens is 515 g/mol. The van der Waals surface area contributed by atoms with Gasteiger partial charge in [-0.1, -0.05) is 0 Å². The van der Waals surface area contributed by atoms with Crippen molar-refractivity contribution >= 4 is 17.5 Å². The third-order valence-electron chi connectivity index (χ3n) is 7.31. The number of carbonyl (C=O) groups is 2. The first-order chi connectivity index (χ1) is 18.5. The summed E-state index contributed by atoms with van der Waals surface area (Å²) in [7, 11) is 0. The molecule has 2 saturated carbocycles. The van der Waals surface area contributed by atoms with Crippen LogP contribution in [0.2, 0.25) is 0 Å². The minimum Gasteiger partial charge on any atom is -0.339 e. The molecule has 39 heavy (non-hydrogen) atoms. The molecule has 0 aromatic carbocycles. The highest BCUT2D eigenvalue weighted by atomic mass is 19.4. The number of carbonyl (C=O) groups excluding carboxylic acids is 2. The number of nitrogens with one attached hydrogen (secondary N) is 2. The zero-order valence-corrected chi connectivity index (χ0v) is 22.0. The van der Waals surface area contributed by atoms with Gasteiger partial charge in [-0.3, -0.25) is 19.0 Å². The second kappa shape index (κ2) is 10.5. The summed E-state index contributed by atoms with van der Waals surface area (Å²) in [5, 5.41) is 21.8. The van der Waals surface area contributed by atoms with E-state index in [4.69, 9.17) is 0 Å². The molecule has 3 aromatic heterocycles. The molecule has 2 N–H and O–H groups in total. The van der Waals surface area contributed by atoms with E-state index in [-0.39, 0.29) is 29.6 Å². The van der Waals surface area contributed by atoms with Gasteiger partial charge in [0.25, 0.3) is 5.91 Å². The number of hydrogen-bond acceptors (Lipinski definition) is 6. The topological polar surface area (TPSA) is 125 Å². The van der Waals surface area contributed by atoms with Crippen LogP contribution in [0.25, 0.3) is 0 Å². The maximum Gasteiger partial charge on any atom is 0.406 e. The lowest BCUT2D eigenvalue weighted by atomic mass is 9.88. The summed E-state index contributed by atoms with van der Waals surface area (Å²) in [6, 6.07) is 0.198. The van der Waals surface area contributed by atoms with Crippen molar-refractivity contribution in [3.05, 3.63) is 42.5 Å². The SMILES string of the molecule is CC(C)n1nccc1C(=O)N[C@H](C(=O)Nc1cnn([C@H](C)c2nncn2CC(F)(F)F)c1)C(C1CC1)C1CC1. The van der Waals surface area contributed by atoms with Crippen molar-refractivity contribution in [1.82, 2.24) is 39.6 Å². The Bertz CT molecular complexity index is 1310. The van der Waals surface area contributed by atoms with E-state index in [0.29, 0.717) is 23.2 Å². The summed E-state index contributed by atoms with van der Waals surface area (Å²) in [4.78, 5) is 26.9. The first-order valence-corrected chi connectivity index (χ1v) is 13.2. The predicted molar refractivity (Wildman–Crippen MR) is 134 cm³/mol. The van der Waals surface area contributed by atoms with Gasteiger partial charge in [-0.15, -0.1) is 10.2 Å². The van der Waals surface area contributed by atoms with Crippen LogP contribution in [0.1, 0.15) is 74.9 Å². The second-order valence-electron chi connectivity index (χ2n) is 10.8. The van der Waals surface area contributed by atoms with E-state index in [1.165, 1.54) is 17.1 Å². The Labute approximate surface area is 223 Å². The fraction of sp³-hybridized carbons (Fsp3) is 0.600. The molecule has 2 aliphatic rings. The van der Waals surface area contributed by atoms with Crippen LogP contribution in [0.4, 0.5) is 18.9 Å². The Morgan fingerprint density at radius 1 is 1.10 bits per heavy atom. The number of aromatic nitrogens is 7. The van der Waals surface area contributed by atoms with E-state index >= 15 is 0 Å². The molecule has 14 heteroatoms. The van der Waals surface area contributed by atoms with Gasteiger partial charge in [0, 0.05) is 18.4 Å². The van der Waals surface area contributed by atoms with Gasteiger partial charge >= 0.3 is 6.18 Å². The predicted octanol–water partition coefficient (Wildman–Crippen LogP) is 3.60. The highest BCUT2D eigenvalue weighted by Crippen LogP contribution is 2.51. The van der Waals surface area contributed by atoms with E-state index in [1.54, 1.807) is 23.9 Å². The van der Waals surface area contributed by atoms with Gasteiger partial charge in [0.15, 0.2) is 5.82 Å². The fourth-order valence-corrected chi connectivity index (χ4v) is 5.20. The lowest BCUT2D eigenvalue weighted by Gasteiger charge is -2.27. The molecule has 0 radical (unpaired) electrons. The van der Waals surface area contributed by atoms with Crippen LogP contribution in [0, 0.1) is 17.8 Å². The van der Waals surface area contributed by atoms with Crippen LogP contribution in [-0.2, 0) is 11.3 Å². The Morgan fingerprint density at radius 3 is 2.41 bits per heavy atom. The number of rotatable bonds is 11. The van der Waals surface area contributed by atoms with Crippen LogP contribution in [0.15, 0.2) is 31.0 Å². The van der Waals surface area contributed by atoms with E-state index in [9.17, 15) is 22.8 Å². The molecule has 3 heterocycles. The lowest BCUT2D eigenvalue weighted by molar-refractivity contribution is -0.141. The maximum atomic E-state index is 13.6. The van der Waals surface area contributed by atoms with Gasteiger partial charge in [0.2, 0.25) is 5.91 Å². The maximum absolute atomic E-state index is 13.6. The van der Waals surface area contributed by atoms with Gasteiger partial charge in [0.1, 0.15) is 30.6 Å². The van der Waals surface area contributed by atoms with E-state index in [0.717, 1.165) is 36.6 Å². The molecule has 0 aliphatic heterocycles. The highest BCUT2D eigenvalue weighted by molar-refractivity contribution is 6.00. The smallest absolute Gasteiger partial charge is 0.339 e. The molecule has 0 unspecified atom stereocenters. The molecule has 2 aliphatic carbocycles. The summed E-state index contributed by atoms with van der Waals surface area (Å²) in [6.07, 6.45) is 5.23. The van der Waals surface area contributed by atoms with Crippen LogP contribution in [0.3, 0.4) is 0 Å². The fourth-order valence-electron chi connectivity index (χ4n) is 5.20. The molecule has 0 bridgehead atoms. The summed E-state index contributed by atoms with van der Waals surface area (Å²) in [5.41, 5.74) is 0.753. The number of hydrogen-bond donors (Lipinski definition) is 2. The normalized spacial score (nSPS) is 17.4. The molecule has 0 spiro atoms. The minimum absolute atomic E-state index is 0.0227. The zero-order valence-electron chi connectivity index (χ0n) is 22.0. The summed E-state index contributed by atoms with van der Waals surface area (Å²) in [6.45, 7) is 4.28. The minimum atomic E-state index is -4.42. The van der Waals surface area contributed by atoms with Crippen molar-refractivity contribution in [2.24, 2.45) is 17.8 Å². The van der Waals surface area contributed by atoms with Crippen molar-refractivity contribution in [3.63, 3.8) is 0 Å². The van der Waals surface area contributed by atoms with E-state index < -0.39 is 24.8 Å². The van der Waals surface area contributed by atoms with Gasteiger partial charge < -0.3 is 15.2 Å². The molecular formula is C25H32F3N9O2. The highest BCUT2D eigenvalue weighted by Gasteiger charge is 2.48. The molecule has 2 amide bonds. The molecule has 0 saturated heterocycles. The van der Waals surface area contributed by atoms with Crippen LogP contribution >= 0.6 is 0 Å². The largest absolute Gasteiger partial charge is 0.406 e. The first-order valence-electron chi connectivity index (χ1n) is 13.2. The first kappa shape index (κ1) is 26.9. The van der Waals surface area contributed by atoms with Gasteiger partial charge in [0.05, 0.1) is 11.9 Å². The van der Waals surface area contributed by atoms with E-state index in [2.05, 4.69) is 31.0 Å². The Morgan fingerprint density at radius 2 is 1.79 bits per heavy atom. The number of amides is 2. The van der Waals surface area contributed by atoms with Crippen molar-refractivity contribution in [2.45, 2.75) is 77.3 Å². The Kier molecular flexibility index (Phi) is 7.21. The van der Waals surface area contributed by atoms with Crippen LogP contribution in [-0.4, -0.2) is 58.4 Å². The van der Waals surface area contributed by atoms with Gasteiger partial charge in [-0.25, -0.2) is 0 Å². The summed E-state index contributed by atoms with van der Waals surface area (Å²) in [5.74, 6) is 0.163. The third kappa shape index (κ3) is 6.14. The Hall–Kier alpha value is -3.71. The molecule has 3 aromatic rings. The standard InChI is InChI=1S/C25H32F3N9O2/c1-14(2)37-19(8-9-30-37)23(38)33-21(20(16-4-5-16)17-6-7-17)24(39)32-18-10-31-36(11-18)15(3)22-34-29-13-35(22)12-25(26,27)28/h8-11,13-17,20-21H,4-7,12H2,1-3H3,(H,32,39)(H,33,38)/t15-,21+/m1/s1.